The molecule has 0 bridgehead atoms. The second-order valence-corrected chi connectivity index (χ2v) is 3.88. The Bertz CT molecular complexity index is 339. The number of carbonyl (C=O) groups is 1. The van der Waals surface area contributed by atoms with Gasteiger partial charge in [0.15, 0.2) is 0 Å². The van der Waals surface area contributed by atoms with Crippen LogP contribution in [0.15, 0.2) is 22.7 Å². The molecule has 0 aliphatic heterocycles. The quantitative estimate of drug-likeness (QED) is 0.819. The topological polar surface area (TPSA) is 49.3 Å². The molecule has 0 fully saturated rings. The molecule has 1 aromatic rings. The Morgan fingerprint density at radius 2 is 2.29 bits per heavy atom. The molecule has 1 amide bonds. The lowest BCUT2D eigenvalue weighted by Gasteiger charge is -2.06. The first-order valence-electron chi connectivity index (χ1n) is 4.42. The van der Waals surface area contributed by atoms with Gasteiger partial charge in [-0.05, 0) is 24.6 Å². The summed E-state index contributed by atoms with van der Waals surface area (Å²) in [6.07, 6.45) is 1.26. The average molecular weight is 258 g/mol. The highest BCUT2D eigenvalue weighted by Gasteiger charge is 2.05. The molecule has 2 N–H and O–H groups in total. The molecular formula is C10H12BrNO2. The number of phenols is 1. The van der Waals surface area contributed by atoms with E-state index in [2.05, 4.69) is 21.2 Å². The van der Waals surface area contributed by atoms with Crippen LogP contribution in [0.3, 0.4) is 0 Å². The molecule has 0 spiro atoms. The van der Waals surface area contributed by atoms with Gasteiger partial charge >= 0.3 is 0 Å². The Morgan fingerprint density at radius 3 is 2.93 bits per heavy atom. The molecule has 0 radical (unpaired) electrons. The number of aromatic hydroxyl groups is 1. The third-order valence-electron chi connectivity index (χ3n) is 1.71. The van der Waals surface area contributed by atoms with E-state index in [0.29, 0.717) is 12.1 Å². The van der Waals surface area contributed by atoms with Gasteiger partial charge in [0.1, 0.15) is 5.75 Å². The number of amides is 1. The molecule has 76 valence electrons. The summed E-state index contributed by atoms with van der Waals surface area (Å²) in [5.41, 5.74) is 0.442. The van der Waals surface area contributed by atoms with E-state index in [1.165, 1.54) is 6.07 Å². The van der Waals surface area contributed by atoms with Crippen LogP contribution in [-0.2, 0) is 4.79 Å². The normalized spacial score (nSPS) is 9.86. The molecule has 0 atom stereocenters. The average Bonchev–Trinajstić information content (AvgIpc) is 2.12. The summed E-state index contributed by atoms with van der Waals surface area (Å²) in [6, 6.07) is 4.92. The summed E-state index contributed by atoms with van der Waals surface area (Å²) in [5.74, 6) is -0.00134. The summed E-state index contributed by atoms with van der Waals surface area (Å²) in [5, 5.41) is 12.0. The van der Waals surface area contributed by atoms with Gasteiger partial charge in [0.2, 0.25) is 5.91 Å². The van der Waals surface area contributed by atoms with Crippen molar-refractivity contribution >= 4 is 27.5 Å². The van der Waals surface area contributed by atoms with E-state index in [0.717, 1.165) is 10.9 Å². The zero-order valence-corrected chi connectivity index (χ0v) is 9.47. The van der Waals surface area contributed by atoms with E-state index in [4.69, 9.17) is 0 Å². The van der Waals surface area contributed by atoms with Crippen molar-refractivity contribution in [2.24, 2.45) is 0 Å². The number of anilines is 1. The number of hydrogen-bond acceptors (Lipinski definition) is 2. The number of benzene rings is 1. The number of carbonyl (C=O) groups excluding carboxylic acids is 1. The Labute approximate surface area is 91.3 Å². The highest BCUT2D eigenvalue weighted by Crippen LogP contribution is 2.26. The minimum absolute atomic E-state index is 0.0812. The van der Waals surface area contributed by atoms with E-state index in [1.54, 1.807) is 12.1 Å². The predicted molar refractivity (Wildman–Crippen MR) is 59.3 cm³/mol. The van der Waals surface area contributed by atoms with E-state index in [9.17, 15) is 9.90 Å². The standard InChI is InChI=1S/C10H12BrNO2/c1-2-3-10(14)12-8-6-7(11)4-5-9(8)13/h4-6,13H,2-3H2,1H3,(H,12,14). The van der Waals surface area contributed by atoms with Crippen LogP contribution in [0.4, 0.5) is 5.69 Å². The maximum Gasteiger partial charge on any atom is 0.224 e. The zero-order valence-electron chi connectivity index (χ0n) is 7.88. The summed E-state index contributed by atoms with van der Waals surface area (Å²) in [4.78, 5) is 11.2. The molecule has 1 aromatic carbocycles. The lowest BCUT2D eigenvalue weighted by Crippen LogP contribution is -2.10. The van der Waals surface area contributed by atoms with Crippen molar-refractivity contribution in [3.8, 4) is 5.75 Å². The van der Waals surface area contributed by atoms with Gasteiger partial charge in [-0.25, -0.2) is 0 Å². The highest BCUT2D eigenvalue weighted by atomic mass is 79.9. The number of phenolic OH excluding ortho intramolecular Hbond substituents is 1. The lowest BCUT2D eigenvalue weighted by molar-refractivity contribution is -0.116. The number of nitrogens with one attached hydrogen (secondary N) is 1. The Hall–Kier alpha value is -1.03. The smallest absolute Gasteiger partial charge is 0.224 e. The lowest BCUT2D eigenvalue weighted by atomic mass is 10.2. The third-order valence-corrected chi connectivity index (χ3v) is 2.20. The van der Waals surface area contributed by atoms with Gasteiger partial charge in [-0.1, -0.05) is 22.9 Å². The molecule has 0 saturated heterocycles. The van der Waals surface area contributed by atoms with Crippen LogP contribution >= 0.6 is 15.9 Å². The molecule has 0 aliphatic rings. The highest BCUT2D eigenvalue weighted by molar-refractivity contribution is 9.10. The van der Waals surface area contributed by atoms with Gasteiger partial charge in [0.05, 0.1) is 5.69 Å². The summed E-state index contributed by atoms with van der Waals surface area (Å²) >= 11 is 3.26. The first-order valence-corrected chi connectivity index (χ1v) is 5.21. The predicted octanol–water partition coefficient (Wildman–Crippen LogP) is 2.89. The van der Waals surface area contributed by atoms with Gasteiger partial charge in [0.25, 0.3) is 0 Å². The van der Waals surface area contributed by atoms with E-state index >= 15 is 0 Å². The van der Waals surface area contributed by atoms with Gasteiger partial charge in [-0.2, -0.15) is 0 Å². The maximum atomic E-state index is 11.2. The van der Waals surface area contributed by atoms with Gasteiger partial charge in [-0.15, -0.1) is 0 Å². The summed E-state index contributed by atoms with van der Waals surface area (Å²) in [6.45, 7) is 1.93. The van der Waals surface area contributed by atoms with Crippen LogP contribution in [0, 0.1) is 0 Å². The molecule has 0 aliphatic carbocycles. The molecule has 0 unspecified atom stereocenters. The fourth-order valence-electron chi connectivity index (χ4n) is 1.05. The second kappa shape index (κ2) is 5.00. The van der Waals surface area contributed by atoms with Gasteiger partial charge in [-0.3, -0.25) is 4.79 Å². The Kier molecular flexibility index (Phi) is 3.95. The number of rotatable bonds is 3. The van der Waals surface area contributed by atoms with Crippen LogP contribution in [0.25, 0.3) is 0 Å². The molecule has 1 rings (SSSR count). The van der Waals surface area contributed by atoms with Crippen molar-refractivity contribution in [1.29, 1.82) is 0 Å². The van der Waals surface area contributed by atoms with Crippen molar-refractivity contribution in [3.63, 3.8) is 0 Å². The van der Waals surface area contributed by atoms with Crippen molar-refractivity contribution in [2.45, 2.75) is 19.8 Å². The van der Waals surface area contributed by atoms with E-state index in [-0.39, 0.29) is 11.7 Å². The Balaban J connectivity index is 2.75. The van der Waals surface area contributed by atoms with Crippen LogP contribution in [-0.4, -0.2) is 11.0 Å². The van der Waals surface area contributed by atoms with Gasteiger partial charge in [0, 0.05) is 10.9 Å². The molecule has 14 heavy (non-hydrogen) atoms. The first-order chi connectivity index (χ1) is 6.63. The van der Waals surface area contributed by atoms with Crippen LogP contribution in [0.5, 0.6) is 5.75 Å². The molecule has 3 nitrogen and oxygen atoms in total. The first kappa shape index (κ1) is 11.0. The third kappa shape index (κ3) is 3.03. The second-order valence-electron chi connectivity index (χ2n) is 2.96. The van der Waals surface area contributed by atoms with Crippen molar-refractivity contribution < 1.29 is 9.90 Å². The van der Waals surface area contributed by atoms with E-state index in [1.807, 2.05) is 6.92 Å². The van der Waals surface area contributed by atoms with Crippen LogP contribution in [0.2, 0.25) is 0 Å². The molecule has 0 saturated carbocycles. The monoisotopic (exact) mass is 257 g/mol. The van der Waals surface area contributed by atoms with Crippen molar-refractivity contribution in [3.05, 3.63) is 22.7 Å². The minimum Gasteiger partial charge on any atom is -0.506 e. The van der Waals surface area contributed by atoms with Gasteiger partial charge < -0.3 is 10.4 Å². The molecule has 0 heterocycles. The molecule has 0 aromatic heterocycles. The van der Waals surface area contributed by atoms with Crippen molar-refractivity contribution in [2.75, 3.05) is 5.32 Å². The minimum atomic E-state index is -0.0825. The van der Waals surface area contributed by atoms with Crippen LogP contribution < -0.4 is 5.32 Å². The van der Waals surface area contributed by atoms with Crippen LogP contribution in [0.1, 0.15) is 19.8 Å². The van der Waals surface area contributed by atoms with Crippen molar-refractivity contribution in [1.82, 2.24) is 0 Å². The molecular weight excluding hydrogens is 246 g/mol. The number of hydrogen-bond donors (Lipinski definition) is 2. The molecule has 4 heteroatoms. The largest absolute Gasteiger partial charge is 0.506 e. The fourth-order valence-corrected chi connectivity index (χ4v) is 1.41. The SMILES string of the molecule is CCCC(=O)Nc1cc(Br)ccc1O. The van der Waals surface area contributed by atoms with E-state index < -0.39 is 0 Å². The maximum absolute atomic E-state index is 11.2. The summed E-state index contributed by atoms with van der Waals surface area (Å²) in [7, 11) is 0. The Morgan fingerprint density at radius 1 is 1.57 bits per heavy atom. The zero-order chi connectivity index (χ0) is 10.6. The fraction of sp³-hybridized carbons (Fsp3) is 0.300. The number of halogens is 1. The summed E-state index contributed by atoms with van der Waals surface area (Å²) < 4.78 is 0.821.